The summed E-state index contributed by atoms with van der Waals surface area (Å²) in [5.74, 6) is 1.47. The smallest absolute Gasteiger partial charge is 0.407 e. The van der Waals surface area contributed by atoms with Gasteiger partial charge in [-0.1, -0.05) is 53.6 Å². The number of amides is 2. The van der Waals surface area contributed by atoms with Crippen molar-refractivity contribution < 1.29 is 23.5 Å². The highest BCUT2D eigenvalue weighted by Crippen LogP contribution is 2.36. The Balaban J connectivity index is 1.26. The maximum absolute atomic E-state index is 14.0. The molecule has 286 valence electrons. The molecule has 0 saturated heterocycles. The van der Waals surface area contributed by atoms with E-state index in [9.17, 15) is 14.9 Å². The van der Waals surface area contributed by atoms with Crippen LogP contribution in [0, 0.1) is 18.3 Å². The molecule has 1 aromatic heterocycles. The van der Waals surface area contributed by atoms with Crippen LogP contribution in [0.1, 0.15) is 97.8 Å². The fourth-order valence-electron chi connectivity index (χ4n) is 6.60. The summed E-state index contributed by atoms with van der Waals surface area (Å²) in [6.07, 6.45) is 3.54. The predicted molar refractivity (Wildman–Crippen MR) is 212 cm³/mol. The van der Waals surface area contributed by atoms with Crippen LogP contribution in [0.5, 0.6) is 5.75 Å². The zero-order valence-corrected chi connectivity index (χ0v) is 32.8. The Kier molecular flexibility index (Phi) is 13.8. The molecule has 0 bridgehead atoms. The van der Waals surface area contributed by atoms with Gasteiger partial charge in [-0.15, -0.1) is 0 Å². The van der Waals surface area contributed by atoms with Gasteiger partial charge in [0.25, 0.3) is 5.91 Å². The number of aryl methyl sites for hydroxylation is 1. The lowest BCUT2D eigenvalue weighted by molar-refractivity contribution is 0.0489. The summed E-state index contributed by atoms with van der Waals surface area (Å²) >= 11 is 6.71. The zero-order valence-electron chi connectivity index (χ0n) is 32.1. The lowest BCUT2D eigenvalue weighted by Gasteiger charge is -2.31. The highest BCUT2D eigenvalue weighted by molar-refractivity contribution is 6.34. The van der Waals surface area contributed by atoms with Crippen LogP contribution in [-0.2, 0) is 17.7 Å². The minimum atomic E-state index is -0.546. The molecule has 4 N–H and O–H groups in total. The van der Waals surface area contributed by atoms with Gasteiger partial charge in [-0.3, -0.25) is 4.79 Å². The fraction of sp³-hybridized carbons (Fsp3) is 0.419. The molecule has 5 rings (SSSR count). The first-order valence-electron chi connectivity index (χ1n) is 18.6. The molecule has 11 heteroatoms. The third-order valence-electron chi connectivity index (χ3n) is 9.62. The lowest BCUT2D eigenvalue weighted by Crippen LogP contribution is -2.48. The van der Waals surface area contributed by atoms with Crippen LogP contribution in [0.2, 0.25) is 5.02 Å². The predicted octanol–water partition coefficient (Wildman–Crippen LogP) is 8.41. The first kappa shape index (κ1) is 40.4. The van der Waals surface area contributed by atoms with E-state index in [-0.39, 0.29) is 35.1 Å². The van der Waals surface area contributed by atoms with Crippen molar-refractivity contribution in [2.75, 3.05) is 13.7 Å². The van der Waals surface area contributed by atoms with E-state index >= 15 is 0 Å². The summed E-state index contributed by atoms with van der Waals surface area (Å²) in [5.41, 5.74) is 4.34. The molecule has 4 aromatic rings. The number of alkyl carbamates (subject to hydrolysis) is 1. The average molecular weight is 754 g/mol. The van der Waals surface area contributed by atoms with E-state index in [0.29, 0.717) is 47.7 Å². The maximum atomic E-state index is 14.0. The van der Waals surface area contributed by atoms with Crippen LogP contribution in [-0.4, -0.2) is 49.4 Å². The van der Waals surface area contributed by atoms with Gasteiger partial charge >= 0.3 is 6.09 Å². The molecular formula is C43H52ClN5O5. The maximum Gasteiger partial charge on any atom is 0.407 e. The van der Waals surface area contributed by atoms with Gasteiger partial charge in [0.15, 0.2) is 0 Å². The monoisotopic (exact) mass is 753 g/mol. The largest absolute Gasteiger partial charge is 0.496 e. The number of halogens is 1. The zero-order chi connectivity index (χ0) is 38.8. The fourth-order valence-corrected chi connectivity index (χ4v) is 6.84. The van der Waals surface area contributed by atoms with Crippen molar-refractivity contribution in [2.45, 2.75) is 103 Å². The van der Waals surface area contributed by atoms with Gasteiger partial charge in [0.1, 0.15) is 22.9 Å². The second-order valence-corrected chi connectivity index (χ2v) is 15.5. The summed E-state index contributed by atoms with van der Waals surface area (Å²) in [6, 6.07) is 25.3. The van der Waals surface area contributed by atoms with Crippen molar-refractivity contribution in [3.05, 3.63) is 111 Å². The Morgan fingerprint density at radius 2 is 1.67 bits per heavy atom. The van der Waals surface area contributed by atoms with Gasteiger partial charge in [-0.05, 0) is 108 Å². The molecule has 3 aromatic carbocycles. The standard InChI is InChI=1S/C43H52ClN5O5/c1-27-7-13-31(14-8-27)28(2)46-26-35-19-20-39(53-35)37-22-36(38(44)23-40(37)52-6)41(50)48-34(21-29-9-11-30(24-45)12-10-29)25-47-32-15-17-33(18-16-32)49-42(51)54-43(3,4)5/h7-14,19-20,22-23,28,32-34,46-47H,15-18,21,25-26H2,1-6H3,(H,48,50)(H,49,51)/t28?,32-,33+,34?. The number of ether oxygens (including phenoxy) is 2. The number of rotatable bonds is 14. The number of nitrogens with zero attached hydrogens (tertiary/aromatic N) is 1. The molecule has 1 fully saturated rings. The van der Waals surface area contributed by atoms with E-state index in [2.05, 4.69) is 65.4 Å². The molecule has 0 radical (unpaired) electrons. The van der Waals surface area contributed by atoms with E-state index in [1.165, 1.54) is 11.1 Å². The third kappa shape index (κ3) is 11.6. The molecule has 2 unspecified atom stereocenters. The number of carbonyl (C=O) groups is 2. The second kappa shape index (κ2) is 18.5. The normalized spacial score (nSPS) is 16.9. The number of nitrogens with one attached hydrogen (secondary N) is 4. The van der Waals surface area contributed by atoms with E-state index in [1.54, 1.807) is 31.4 Å². The number of methoxy groups -OCH3 is 1. The van der Waals surface area contributed by atoms with Crippen LogP contribution >= 0.6 is 11.6 Å². The topological polar surface area (TPSA) is 138 Å². The van der Waals surface area contributed by atoms with E-state index in [0.717, 1.165) is 37.0 Å². The molecule has 1 aliphatic carbocycles. The SMILES string of the molecule is COc1cc(Cl)c(C(=O)NC(CN[C@H]2CC[C@@H](NC(=O)OC(C)(C)C)CC2)Cc2ccc(C#N)cc2)cc1-c1ccc(CNC(C)c2ccc(C)cc2)o1. The molecule has 10 nitrogen and oxygen atoms in total. The minimum absolute atomic E-state index is 0.0576. The lowest BCUT2D eigenvalue weighted by atomic mass is 9.91. The van der Waals surface area contributed by atoms with Gasteiger partial charge in [-0.25, -0.2) is 4.79 Å². The number of hydrogen-bond acceptors (Lipinski definition) is 8. The van der Waals surface area contributed by atoms with Gasteiger partial charge in [0, 0.05) is 36.8 Å². The Morgan fingerprint density at radius 3 is 2.31 bits per heavy atom. The molecule has 2 atom stereocenters. The van der Waals surface area contributed by atoms with E-state index in [4.69, 9.17) is 25.5 Å². The van der Waals surface area contributed by atoms with Gasteiger partial charge < -0.3 is 35.2 Å². The molecule has 54 heavy (non-hydrogen) atoms. The molecule has 1 heterocycles. The summed E-state index contributed by atoms with van der Waals surface area (Å²) < 4.78 is 17.3. The molecule has 2 amide bonds. The Bertz CT molecular complexity index is 1900. The van der Waals surface area contributed by atoms with Gasteiger partial charge in [0.05, 0.1) is 41.4 Å². The van der Waals surface area contributed by atoms with Crippen molar-refractivity contribution in [1.29, 1.82) is 5.26 Å². The molecule has 0 aliphatic heterocycles. The van der Waals surface area contributed by atoms with Crippen LogP contribution in [0.15, 0.2) is 77.2 Å². The van der Waals surface area contributed by atoms with Crippen molar-refractivity contribution in [2.24, 2.45) is 0 Å². The first-order chi connectivity index (χ1) is 25.8. The number of furan rings is 1. The quantitative estimate of drug-likeness (QED) is 0.101. The molecule has 1 aliphatic rings. The summed E-state index contributed by atoms with van der Waals surface area (Å²) in [6.45, 7) is 10.8. The van der Waals surface area contributed by atoms with Crippen molar-refractivity contribution in [1.82, 2.24) is 21.3 Å². The van der Waals surface area contributed by atoms with Crippen LogP contribution in [0.25, 0.3) is 11.3 Å². The Labute approximate surface area is 324 Å². The highest BCUT2D eigenvalue weighted by atomic mass is 35.5. The Morgan fingerprint density at radius 1 is 0.981 bits per heavy atom. The van der Waals surface area contributed by atoms with E-state index in [1.807, 2.05) is 45.0 Å². The molecular weight excluding hydrogens is 702 g/mol. The second-order valence-electron chi connectivity index (χ2n) is 15.1. The van der Waals surface area contributed by atoms with E-state index < -0.39 is 11.7 Å². The minimum Gasteiger partial charge on any atom is -0.496 e. The van der Waals surface area contributed by atoms with Crippen LogP contribution in [0.3, 0.4) is 0 Å². The summed E-state index contributed by atoms with van der Waals surface area (Å²) in [4.78, 5) is 26.3. The van der Waals surface area contributed by atoms with Crippen molar-refractivity contribution in [3.63, 3.8) is 0 Å². The molecule has 1 saturated carbocycles. The Hall–Kier alpha value is -4.82. The number of nitriles is 1. The van der Waals surface area contributed by atoms with Gasteiger partial charge in [0.2, 0.25) is 0 Å². The average Bonchev–Trinajstić information content (AvgIpc) is 3.62. The number of carbonyl (C=O) groups excluding carboxylic acids is 2. The van der Waals surface area contributed by atoms with Crippen molar-refractivity contribution >= 4 is 23.6 Å². The summed E-state index contributed by atoms with van der Waals surface area (Å²) in [5, 5.41) is 22.9. The third-order valence-corrected chi connectivity index (χ3v) is 9.93. The first-order valence-corrected chi connectivity index (χ1v) is 19.0. The van der Waals surface area contributed by atoms with Crippen LogP contribution < -0.4 is 26.0 Å². The highest BCUT2D eigenvalue weighted by Gasteiger charge is 2.26. The number of benzene rings is 3. The van der Waals surface area contributed by atoms with Gasteiger partial charge in [-0.2, -0.15) is 5.26 Å². The molecule has 0 spiro atoms. The van der Waals surface area contributed by atoms with Crippen LogP contribution in [0.4, 0.5) is 4.79 Å². The van der Waals surface area contributed by atoms with Crippen molar-refractivity contribution in [3.8, 4) is 23.1 Å². The summed E-state index contributed by atoms with van der Waals surface area (Å²) in [7, 11) is 1.56. The number of hydrogen-bond donors (Lipinski definition) is 4.